The highest BCUT2D eigenvalue weighted by molar-refractivity contribution is 5.97. The first-order chi connectivity index (χ1) is 52.6. The van der Waals surface area contributed by atoms with Gasteiger partial charge in [0, 0.05) is 108 Å². The minimum atomic E-state index is -2.39. The van der Waals surface area contributed by atoms with Gasteiger partial charge in [-0.25, -0.2) is 4.98 Å². The molecule has 48 nitrogen and oxygen atoms in total. The van der Waals surface area contributed by atoms with E-state index in [2.05, 4.69) is 57.5 Å². The number of likely N-dealkylation sites (N-methyl/N-ethyl adjacent to an activating group) is 1. The van der Waals surface area contributed by atoms with Crippen molar-refractivity contribution in [2.45, 2.75) is 87.7 Å². The number of nitrogens with two attached hydrogens (primary N) is 1. The van der Waals surface area contributed by atoms with Gasteiger partial charge in [-0.3, -0.25) is 125 Å². The Morgan fingerprint density at radius 3 is 1.29 bits per heavy atom. The zero-order valence-electron chi connectivity index (χ0n) is 60.4. The first kappa shape index (κ1) is 93.5. The molecule has 1 unspecified atom stereocenters. The van der Waals surface area contributed by atoms with E-state index in [9.17, 15) is 147 Å². The summed E-state index contributed by atoms with van der Waals surface area (Å²) in [6, 6.07) is -6.14. The van der Waals surface area contributed by atoms with Crippen LogP contribution in [0.1, 0.15) is 43.9 Å². The summed E-state index contributed by atoms with van der Waals surface area (Å²) in [5.41, 5.74) is 7.03. The van der Waals surface area contributed by atoms with Crippen LogP contribution in [0.15, 0.2) is 43.0 Å². The number of carboxylic acid groups (broad SMARTS) is 10. The van der Waals surface area contributed by atoms with Gasteiger partial charge < -0.3 is 109 Å². The predicted molar refractivity (Wildman–Crippen MR) is 375 cm³/mol. The number of hydrogen-bond donors (Lipinski definition) is 21. The zero-order valence-corrected chi connectivity index (χ0v) is 60.4. The minimum Gasteiger partial charge on any atom is -0.480 e. The van der Waals surface area contributed by atoms with Crippen molar-refractivity contribution in [3.05, 3.63) is 54.2 Å². The molecule has 0 saturated carbocycles. The van der Waals surface area contributed by atoms with Crippen molar-refractivity contribution >= 4 is 130 Å². The monoisotopic (exact) mass is 1590 g/mol. The highest BCUT2D eigenvalue weighted by Gasteiger charge is 2.39. The Morgan fingerprint density at radius 2 is 0.848 bits per heavy atom. The molecule has 112 heavy (non-hydrogen) atoms. The normalized spacial score (nSPS) is 13.1. The number of primary amides is 1. The van der Waals surface area contributed by atoms with E-state index in [0.29, 0.717) is 32.0 Å². The maximum Gasteiger partial charge on any atom is 0.317 e. The van der Waals surface area contributed by atoms with Crippen LogP contribution < -0.4 is 48.3 Å². The molecule has 2 aromatic heterocycles. The summed E-state index contributed by atoms with van der Waals surface area (Å²) < 4.78 is 0. The highest BCUT2D eigenvalue weighted by atomic mass is 16.4. The number of nitrogens with zero attached hydrogens (tertiary/aromatic N) is 7. The molecule has 0 bridgehead atoms. The molecule has 3 aromatic rings. The van der Waals surface area contributed by atoms with Gasteiger partial charge in [0.25, 0.3) is 0 Å². The van der Waals surface area contributed by atoms with Gasteiger partial charge >= 0.3 is 59.7 Å². The molecule has 0 saturated heterocycles. The van der Waals surface area contributed by atoms with Crippen molar-refractivity contribution in [3.8, 4) is 0 Å². The Kier molecular flexibility index (Phi) is 39.5. The Bertz CT molecular complexity index is 3810. The van der Waals surface area contributed by atoms with Crippen LogP contribution in [0.3, 0.4) is 0 Å². The van der Waals surface area contributed by atoms with E-state index in [1.54, 1.807) is 30.5 Å². The van der Waals surface area contributed by atoms with Crippen LogP contribution in [0.2, 0.25) is 0 Å². The molecule has 2 heterocycles. The molecular formula is C64H90N18O30. The van der Waals surface area contributed by atoms with Gasteiger partial charge in [0.2, 0.25) is 53.2 Å². The molecule has 0 aliphatic rings. The zero-order chi connectivity index (χ0) is 84.1. The fourth-order valence-corrected chi connectivity index (χ4v) is 11.1. The number of rotatable bonds is 58. The number of amides is 9. The second-order valence-electron chi connectivity index (χ2n) is 25.2. The van der Waals surface area contributed by atoms with Gasteiger partial charge in [0.1, 0.15) is 36.3 Å². The van der Waals surface area contributed by atoms with Crippen molar-refractivity contribution in [1.29, 1.82) is 0 Å². The molecule has 9 amide bonds. The molecule has 7 atom stereocenters. The number of benzene rings is 1. The SMILES string of the molecule is CNC(=O)[C@H](Cc1cnc[nH]1)NC(=O)[C@H](Cc1c[nH]c2ccccc12)NC(=O)[C@H](CCC(N)=O)NC(=O)CNC(=O)CC[C@H](NC(=O)C(CNC(=O)[C@@H](CN(CCN(CC(=O)O)CC(=O)O)CC(=O)O)N(CC(=O)O)CC(=O)O)NC(=O)[C@@H](CN(CCN(CC(=O)O)CC(=O)O)CC(=O)O)N(CC(=O)O)CC(=O)O)C(C)=O. The third-order valence-electron chi connectivity index (χ3n) is 16.3. The predicted octanol–water partition coefficient (Wildman–Crippen LogP) is -9.89. The van der Waals surface area contributed by atoms with Gasteiger partial charge in [0.15, 0.2) is 5.78 Å². The van der Waals surface area contributed by atoms with Crippen LogP contribution in [-0.4, -0.2) is 381 Å². The summed E-state index contributed by atoms with van der Waals surface area (Å²) in [5.74, 6) is -28.2. The lowest BCUT2D eigenvalue weighted by atomic mass is 10.0. The Labute approximate surface area is 634 Å². The van der Waals surface area contributed by atoms with E-state index < -0.39 is 304 Å². The maximum absolute atomic E-state index is 14.9. The van der Waals surface area contributed by atoms with E-state index in [1.165, 1.54) is 19.6 Å². The van der Waals surface area contributed by atoms with Crippen LogP contribution >= 0.6 is 0 Å². The Hall–Kier alpha value is -12.7. The number of hydrogen-bond acceptors (Lipinski definition) is 27. The summed E-state index contributed by atoms with van der Waals surface area (Å²) in [7, 11) is 1.32. The first-order valence-electron chi connectivity index (χ1n) is 33.8. The number of Topliss-reactive ketones (excluding diaryl/α,β-unsaturated/α-hetero) is 1. The Morgan fingerprint density at radius 1 is 0.438 bits per heavy atom. The molecule has 48 heteroatoms. The van der Waals surface area contributed by atoms with Crippen LogP contribution in [0.25, 0.3) is 10.9 Å². The molecule has 0 aliphatic carbocycles. The molecular weight excluding hydrogens is 1500 g/mol. The van der Waals surface area contributed by atoms with Gasteiger partial charge in [-0.15, -0.1) is 0 Å². The maximum atomic E-state index is 14.9. The lowest BCUT2D eigenvalue weighted by Crippen LogP contribution is -2.63. The summed E-state index contributed by atoms with van der Waals surface area (Å²) >= 11 is 0. The third-order valence-corrected chi connectivity index (χ3v) is 16.3. The lowest BCUT2D eigenvalue weighted by Gasteiger charge is -2.35. The van der Waals surface area contributed by atoms with E-state index in [1.807, 2.05) is 0 Å². The molecule has 0 fully saturated rings. The standard InChI is InChI=1S/C64H90N18O30/c1-34(83)38(8-10-47(85)69-20-48(86)72-40(7-9-46(65)84)60(108)74-41(15-35-17-68-39-6-4-3-5-37(35)39)61(109)75-42(59(107)66-2)16-36-18-67-33-71-36)73-62(110)43(76-64(112)45(82(31-57(103)104)32-58(105)106)22-78(24-50(89)90)12-14-80(27-53(95)96)28-54(97)98)19-70-63(111)44(81(29-55(99)100)30-56(101)102)21-77(23-49(87)88)11-13-79(25-51(91)92)26-52(93)94/h3-6,17-18,33,38,40-45,68H,7-16,19-32H2,1-2H3,(H2,65,84)(H,66,107)(H,67,71)(H,69,85)(H,70,111)(H,72,86)(H,73,110)(H,74,108)(H,75,109)(H,76,112)(H,87,88)(H,89,90)(H,91,92)(H,93,94)(H,95,96)(H,97,98)(H,99,100)(H,101,102)(H,103,104)(H,105,106)/t38-,40-,41-,42-,43?,44+,45+/m0/s1. The number of imidazole rings is 1. The average Bonchev–Trinajstić information content (AvgIpc) is 1.62. The average molecular weight is 1590 g/mol. The number of H-pyrrole nitrogens is 2. The number of nitrogens with one attached hydrogen (secondary N) is 10. The summed E-state index contributed by atoms with van der Waals surface area (Å²) in [4.78, 5) is 273. The molecule has 0 aliphatic heterocycles. The molecule has 1 aromatic carbocycles. The highest BCUT2D eigenvalue weighted by Crippen LogP contribution is 2.20. The summed E-state index contributed by atoms with van der Waals surface area (Å²) in [5, 5.41) is 117. The van der Waals surface area contributed by atoms with Crippen LogP contribution in [0.5, 0.6) is 0 Å². The van der Waals surface area contributed by atoms with Crippen molar-refractivity contribution in [1.82, 2.24) is 86.9 Å². The van der Waals surface area contributed by atoms with Crippen LogP contribution in [0, 0.1) is 0 Å². The topological polar surface area (TPSA) is 730 Å². The van der Waals surface area contributed by atoms with E-state index >= 15 is 0 Å². The fourth-order valence-electron chi connectivity index (χ4n) is 11.1. The number of fused-ring (bicyclic) bond motifs is 1. The third kappa shape index (κ3) is 36.0. The number of carbonyl (C=O) groups is 20. The largest absolute Gasteiger partial charge is 0.480 e. The quantitative estimate of drug-likeness (QED) is 0.0249. The van der Waals surface area contributed by atoms with Crippen molar-refractivity contribution in [2.24, 2.45) is 5.73 Å². The molecule has 22 N–H and O–H groups in total. The van der Waals surface area contributed by atoms with Gasteiger partial charge in [-0.05, 0) is 31.4 Å². The van der Waals surface area contributed by atoms with E-state index in [-0.39, 0.29) is 12.8 Å². The molecule has 0 radical (unpaired) electrons. The van der Waals surface area contributed by atoms with Crippen molar-refractivity contribution in [3.63, 3.8) is 0 Å². The minimum absolute atomic E-state index is 0.0841. The van der Waals surface area contributed by atoms with Crippen molar-refractivity contribution < 1.29 is 147 Å². The van der Waals surface area contributed by atoms with Gasteiger partial charge in [0.05, 0.1) is 84.4 Å². The fraction of sp³-hybridized carbons (Fsp3) is 0.516. The number of aliphatic carboxylic acids is 10. The number of aromatic amines is 2. The second-order valence-corrected chi connectivity index (χ2v) is 25.2. The molecule has 0 spiro atoms. The van der Waals surface area contributed by atoms with Crippen molar-refractivity contribution in [2.75, 3.05) is 125 Å². The lowest BCUT2D eigenvalue weighted by molar-refractivity contribution is -0.148. The van der Waals surface area contributed by atoms with E-state index in [4.69, 9.17) is 5.73 Å². The van der Waals surface area contributed by atoms with Crippen LogP contribution in [0.4, 0.5) is 0 Å². The summed E-state index contributed by atoms with van der Waals surface area (Å²) in [6.45, 7) is -17.5. The number of carboxylic acids is 10. The van der Waals surface area contributed by atoms with Gasteiger partial charge in [-0.2, -0.15) is 0 Å². The number of aromatic nitrogens is 3. The number of ketones is 1. The summed E-state index contributed by atoms with van der Waals surface area (Å²) in [6.07, 6.45) is 1.50. The second kappa shape index (κ2) is 47.3. The smallest absolute Gasteiger partial charge is 0.317 e. The first-order valence-corrected chi connectivity index (χ1v) is 33.8. The number of para-hydroxylation sites is 1. The number of carbonyl (C=O) groups excluding carboxylic acids is 10. The molecule has 616 valence electrons. The Balaban J connectivity index is 2.11. The van der Waals surface area contributed by atoms with E-state index in [0.717, 1.165) is 26.5 Å². The van der Waals surface area contributed by atoms with Gasteiger partial charge in [-0.1, -0.05) is 18.2 Å². The molecule has 3 rings (SSSR count). The van der Waals surface area contributed by atoms with Crippen LogP contribution in [-0.2, 0) is 109 Å².